The molecule has 0 bridgehead atoms. The molecule has 0 aliphatic heterocycles. The molecule has 0 aliphatic carbocycles. The number of halogens is 2. The van der Waals surface area contributed by atoms with Crippen LogP contribution in [-0.2, 0) is 10.0 Å². The third-order valence-electron chi connectivity index (χ3n) is 3.43. The van der Waals surface area contributed by atoms with Crippen molar-refractivity contribution in [2.75, 3.05) is 14.2 Å². The first-order chi connectivity index (χ1) is 11.3. The van der Waals surface area contributed by atoms with Gasteiger partial charge in [-0.1, -0.05) is 29.3 Å². The molecule has 0 aliphatic rings. The van der Waals surface area contributed by atoms with Crippen molar-refractivity contribution in [1.82, 2.24) is 4.72 Å². The van der Waals surface area contributed by atoms with Gasteiger partial charge in [0.1, 0.15) is 0 Å². The van der Waals surface area contributed by atoms with Gasteiger partial charge in [0.05, 0.1) is 19.1 Å². The molecule has 0 amide bonds. The second kappa shape index (κ2) is 7.61. The minimum absolute atomic E-state index is 0.0667. The van der Waals surface area contributed by atoms with E-state index in [0.717, 1.165) is 0 Å². The number of hydrogen-bond donors (Lipinski definition) is 1. The molecular formula is C16H17Cl2NO4S. The minimum Gasteiger partial charge on any atom is -0.493 e. The average Bonchev–Trinajstić information content (AvgIpc) is 2.53. The van der Waals surface area contributed by atoms with Crippen LogP contribution >= 0.6 is 23.2 Å². The predicted octanol–water partition coefficient (Wildman–Crippen LogP) is 4.05. The van der Waals surface area contributed by atoms with Crippen molar-refractivity contribution >= 4 is 33.2 Å². The van der Waals surface area contributed by atoms with E-state index in [1.165, 1.54) is 32.4 Å². The second-order valence-electron chi connectivity index (χ2n) is 5.03. The molecule has 24 heavy (non-hydrogen) atoms. The molecule has 2 aromatic carbocycles. The maximum absolute atomic E-state index is 12.6. The zero-order chi connectivity index (χ0) is 17.9. The molecule has 2 rings (SSSR count). The van der Waals surface area contributed by atoms with Crippen LogP contribution in [0.5, 0.6) is 11.5 Å². The first kappa shape index (κ1) is 18.9. The highest BCUT2D eigenvalue weighted by atomic mass is 35.5. The maximum atomic E-state index is 12.6. The molecule has 8 heteroatoms. The van der Waals surface area contributed by atoms with Gasteiger partial charge in [-0.15, -0.1) is 0 Å². The van der Waals surface area contributed by atoms with Crippen LogP contribution in [0.2, 0.25) is 10.0 Å². The number of methoxy groups -OCH3 is 2. The third-order valence-corrected chi connectivity index (χ3v) is 5.53. The topological polar surface area (TPSA) is 64.6 Å². The van der Waals surface area contributed by atoms with Crippen molar-refractivity contribution in [3.63, 3.8) is 0 Å². The van der Waals surface area contributed by atoms with E-state index >= 15 is 0 Å². The number of sulfonamides is 1. The quantitative estimate of drug-likeness (QED) is 0.808. The Bertz CT molecular complexity index is 840. The molecule has 2 aromatic rings. The average molecular weight is 390 g/mol. The van der Waals surface area contributed by atoms with Gasteiger partial charge in [-0.2, -0.15) is 0 Å². The molecule has 0 fully saturated rings. The molecular weight excluding hydrogens is 373 g/mol. The fourth-order valence-corrected chi connectivity index (χ4v) is 4.01. The van der Waals surface area contributed by atoms with Gasteiger partial charge in [0.2, 0.25) is 10.0 Å². The summed E-state index contributed by atoms with van der Waals surface area (Å²) >= 11 is 12.0. The van der Waals surface area contributed by atoms with Gasteiger partial charge < -0.3 is 9.47 Å². The summed E-state index contributed by atoms with van der Waals surface area (Å²) in [6.45, 7) is 1.70. The summed E-state index contributed by atoms with van der Waals surface area (Å²) in [4.78, 5) is 0.0667. The molecule has 0 saturated carbocycles. The van der Waals surface area contributed by atoms with Crippen molar-refractivity contribution in [2.24, 2.45) is 0 Å². The van der Waals surface area contributed by atoms with Crippen LogP contribution in [0, 0.1) is 0 Å². The van der Waals surface area contributed by atoms with Gasteiger partial charge in [0.25, 0.3) is 0 Å². The number of benzene rings is 2. The van der Waals surface area contributed by atoms with E-state index in [4.69, 9.17) is 32.7 Å². The van der Waals surface area contributed by atoms with E-state index in [2.05, 4.69) is 4.72 Å². The van der Waals surface area contributed by atoms with Crippen LogP contribution in [0.4, 0.5) is 0 Å². The highest BCUT2D eigenvalue weighted by Crippen LogP contribution is 2.31. The van der Waals surface area contributed by atoms with Crippen molar-refractivity contribution in [1.29, 1.82) is 0 Å². The predicted molar refractivity (Wildman–Crippen MR) is 94.7 cm³/mol. The number of nitrogens with one attached hydrogen (secondary N) is 1. The van der Waals surface area contributed by atoms with Gasteiger partial charge in [-0.05, 0) is 36.8 Å². The second-order valence-corrected chi connectivity index (χ2v) is 7.58. The zero-order valence-electron chi connectivity index (χ0n) is 13.3. The van der Waals surface area contributed by atoms with Crippen molar-refractivity contribution in [3.05, 3.63) is 52.0 Å². The zero-order valence-corrected chi connectivity index (χ0v) is 15.7. The highest BCUT2D eigenvalue weighted by molar-refractivity contribution is 7.89. The van der Waals surface area contributed by atoms with Crippen LogP contribution in [-0.4, -0.2) is 22.6 Å². The Morgan fingerprint density at radius 1 is 1.00 bits per heavy atom. The van der Waals surface area contributed by atoms with Crippen LogP contribution in [0.25, 0.3) is 0 Å². The minimum atomic E-state index is -3.77. The Morgan fingerprint density at radius 3 is 2.25 bits per heavy atom. The summed E-state index contributed by atoms with van der Waals surface area (Å²) in [5.41, 5.74) is 0.630. The van der Waals surface area contributed by atoms with Crippen LogP contribution < -0.4 is 14.2 Å². The van der Waals surface area contributed by atoms with E-state index in [0.29, 0.717) is 27.1 Å². The van der Waals surface area contributed by atoms with Gasteiger partial charge in [0, 0.05) is 22.2 Å². The molecule has 1 atom stereocenters. The Balaban J connectivity index is 2.30. The third kappa shape index (κ3) is 4.13. The number of ether oxygens (including phenoxy) is 2. The van der Waals surface area contributed by atoms with E-state index < -0.39 is 16.1 Å². The van der Waals surface area contributed by atoms with E-state index in [1.807, 2.05) is 0 Å². The molecule has 0 spiro atoms. The van der Waals surface area contributed by atoms with Crippen LogP contribution in [0.3, 0.4) is 0 Å². The molecule has 5 nitrogen and oxygen atoms in total. The van der Waals surface area contributed by atoms with Crippen LogP contribution in [0.1, 0.15) is 18.5 Å². The summed E-state index contributed by atoms with van der Waals surface area (Å²) < 4.78 is 38.0. The summed E-state index contributed by atoms with van der Waals surface area (Å²) in [6.07, 6.45) is 0. The summed E-state index contributed by atoms with van der Waals surface area (Å²) in [5.74, 6) is 0.780. The molecule has 1 N–H and O–H groups in total. The Hall–Kier alpha value is -1.47. The molecule has 0 unspecified atom stereocenters. The van der Waals surface area contributed by atoms with Crippen molar-refractivity contribution in [2.45, 2.75) is 17.9 Å². The number of rotatable bonds is 6. The Kier molecular flexibility index (Phi) is 5.98. The fraction of sp³-hybridized carbons (Fsp3) is 0.250. The number of hydrogen-bond acceptors (Lipinski definition) is 4. The summed E-state index contributed by atoms with van der Waals surface area (Å²) in [5, 5.41) is 0.878. The maximum Gasteiger partial charge on any atom is 0.241 e. The molecule has 0 saturated heterocycles. The monoisotopic (exact) mass is 389 g/mol. The Morgan fingerprint density at radius 2 is 1.67 bits per heavy atom. The van der Waals surface area contributed by atoms with Crippen molar-refractivity contribution < 1.29 is 17.9 Å². The lowest BCUT2D eigenvalue weighted by Gasteiger charge is -2.17. The van der Waals surface area contributed by atoms with E-state index in [9.17, 15) is 8.42 Å². The smallest absolute Gasteiger partial charge is 0.241 e. The normalized spacial score (nSPS) is 12.7. The van der Waals surface area contributed by atoms with E-state index in [-0.39, 0.29) is 4.90 Å². The lowest BCUT2D eigenvalue weighted by Crippen LogP contribution is -2.27. The molecule has 0 heterocycles. The highest BCUT2D eigenvalue weighted by Gasteiger charge is 2.21. The summed E-state index contributed by atoms with van der Waals surface area (Å²) in [6, 6.07) is 8.76. The standard InChI is InChI=1S/C16H17Cl2NO4S/c1-10(13-6-4-11(17)8-14(13)18)19-24(20,21)12-5-7-15(22-2)16(9-12)23-3/h4-10,19H,1-3H3/t10-/m0/s1. The van der Waals surface area contributed by atoms with Gasteiger partial charge in [-0.3, -0.25) is 0 Å². The SMILES string of the molecule is COc1ccc(S(=O)(=O)N[C@@H](C)c2ccc(Cl)cc2Cl)cc1OC. The molecule has 130 valence electrons. The largest absolute Gasteiger partial charge is 0.493 e. The first-order valence-electron chi connectivity index (χ1n) is 6.98. The van der Waals surface area contributed by atoms with Crippen molar-refractivity contribution in [3.8, 4) is 11.5 Å². The Labute approximate surface area is 151 Å². The lowest BCUT2D eigenvalue weighted by molar-refractivity contribution is 0.354. The first-order valence-corrected chi connectivity index (χ1v) is 9.21. The molecule has 0 radical (unpaired) electrons. The van der Waals surface area contributed by atoms with Gasteiger partial charge in [-0.25, -0.2) is 13.1 Å². The van der Waals surface area contributed by atoms with Crippen LogP contribution in [0.15, 0.2) is 41.3 Å². The lowest BCUT2D eigenvalue weighted by atomic mass is 10.1. The van der Waals surface area contributed by atoms with Gasteiger partial charge in [0.15, 0.2) is 11.5 Å². The summed E-state index contributed by atoms with van der Waals surface area (Å²) in [7, 11) is -0.846. The molecule has 0 aromatic heterocycles. The van der Waals surface area contributed by atoms with E-state index in [1.54, 1.807) is 25.1 Å². The van der Waals surface area contributed by atoms with Gasteiger partial charge >= 0.3 is 0 Å². The fourth-order valence-electron chi connectivity index (χ4n) is 2.20.